The number of sulfonamides is 1. The van der Waals surface area contributed by atoms with Crippen molar-refractivity contribution in [2.75, 3.05) is 13.1 Å². The van der Waals surface area contributed by atoms with E-state index in [-0.39, 0.29) is 34.8 Å². The summed E-state index contributed by atoms with van der Waals surface area (Å²) in [4.78, 5) is 14.3. The molecule has 6 nitrogen and oxygen atoms in total. The lowest BCUT2D eigenvalue weighted by Crippen LogP contribution is -2.50. The lowest BCUT2D eigenvalue weighted by molar-refractivity contribution is -0.137. The molecule has 184 valence electrons. The van der Waals surface area contributed by atoms with Gasteiger partial charge < -0.3 is 10.6 Å². The van der Waals surface area contributed by atoms with Crippen molar-refractivity contribution in [2.45, 2.75) is 87.0 Å². The molecule has 0 spiro atoms. The van der Waals surface area contributed by atoms with Crippen LogP contribution in [-0.2, 0) is 21.0 Å². The molecule has 1 unspecified atom stereocenters. The first kappa shape index (κ1) is 24.5. The number of halogens is 3. The Hall–Kier alpha value is -1.65. The van der Waals surface area contributed by atoms with E-state index < -0.39 is 21.8 Å². The summed E-state index contributed by atoms with van der Waals surface area (Å²) in [5.74, 6) is 0.266. The number of hydrogen-bond acceptors (Lipinski definition) is 4. The average Bonchev–Trinajstić information content (AvgIpc) is 3.60. The van der Waals surface area contributed by atoms with E-state index in [1.165, 1.54) is 10.4 Å². The Morgan fingerprint density at radius 2 is 1.67 bits per heavy atom. The van der Waals surface area contributed by atoms with Gasteiger partial charge in [0.2, 0.25) is 15.9 Å². The summed E-state index contributed by atoms with van der Waals surface area (Å²) in [6, 6.07) is 3.52. The maximum Gasteiger partial charge on any atom is 0.416 e. The monoisotopic (exact) mass is 487 g/mol. The Balaban J connectivity index is 1.43. The zero-order valence-electron chi connectivity index (χ0n) is 18.6. The molecule has 2 saturated carbocycles. The molecular weight excluding hydrogens is 455 g/mol. The van der Waals surface area contributed by atoms with Crippen LogP contribution in [0.1, 0.15) is 63.4 Å². The third kappa shape index (κ3) is 5.54. The van der Waals surface area contributed by atoms with Gasteiger partial charge in [-0.3, -0.25) is 4.79 Å². The van der Waals surface area contributed by atoms with Gasteiger partial charge in [0.1, 0.15) is 0 Å². The van der Waals surface area contributed by atoms with Crippen LogP contribution in [0.2, 0.25) is 0 Å². The van der Waals surface area contributed by atoms with Crippen molar-refractivity contribution in [3.8, 4) is 0 Å². The maximum atomic E-state index is 13.4. The van der Waals surface area contributed by atoms with Crippen LogP contribution in [0, 0.1) is 5.92 Å². The molecule has 0 bridgehead atoms. The maximum absolute atomic E-state index is 13.4. The first-order valence-corrected chi connectivity index (χ1v) is 13.3. The van der Waals surface area contributed by atoms with Gasteiger partial charge in [-0.05, 0) is 62.6 Å². The van der Waals surface area contributed by atoms with Gasteiger partial charge in [0.25, 0.3) is 0 Å². The van der Waals surface area contributed by atoms with Gasteiger partial charge in [-0.2, -0.15) is 17.5 Å². The first-order valence-electron chi connectivity index (χ1n) is 11.8. The zero-order valence-corrected chi connectivity index (χ0v) is 19.5. The zero-order chi connectivity index (χ0) is 23.8. The Morgan fingerprint density at radius 3 is 2.27 bits per heavy atom. The molecule has 1 aromatic rings. The van der Waals surface area contributed by atoms with Gasteiger partial charge in [0.15, 0.2) is 0 Å². The van der Waals surface area contributed by atoms with Crippen molar-refractivity contribution in [2.24, 2.45) is 11.7 Å². The molecule has 3 fully saturated rings. The topological polar surface area (TPSA) is 83.7 Å². The number of nitrogens with zero attached hydrogens (tertiary/aromatic N) is 2. The van der Waals surface area contributed by atoms with Crippen LogP contribution in [-0.4, -0.2) is 54.7 Å². The Bertz CT molecular complexity index is 957. The fraction of sp³-hybridized carbons (Fsp3) is 0.696. The molecule has 0 radical (unpaired) electrons. The van der Waals surface area contributed by atoms with E-state index in [0.29, 0.717) is 45.2 Å². The number of alkyl halides is 3. The molecule has 2 N–H and O–H groups in total. The van der Waals surface area contributed by atoms with Crippen molar-refractivity contribution in [1.82, 2.24) is 9.21 Å². The third-order valence-electron chi connectivity index (χ3n) is 7.23. The van der Waals surface area contributed by atoms with Crippen molar-refractivity contribution < 1.29 is 26.4 Å². The quantitative estimate of drug-likeness (QED) is 0.662. The second kappa shape index (κ2) is 9.54. The highest BCUT2D eigenvalue weighted by atomic mass is 32.2. The van der Waals surface area contributed by atoms with Gasteiger partial charge in [0.05, 0.1) is 10.5 Å². The van der Waals surface area contributed by atoms with Crippen molar-refractivity contribution in [3.63, 3.8) is 0 Å². The summed E-state index contributed by atoms with van der Waals surface area (Å²) >= 11 is 0. The minimum absolute atomic E-state index is 0.0585. The number of carbonyl (C=O) groups is 1. The molecule has 3 aliphatic rings. The number of amides is 1. The van der Waals surface area contributed by atoms with Crippen molar-refractivity contribution in [1.29, 1.82) is 0 Å². The minimum Gasteiger partial charge on any atom is -0.343 e. The molecule has 10 heteroatoms. The van der Waals surface area contributed by atoms with Gasteiger partial charge in [0, 0.05) is 37.6 Å². The number of benzene rings is 1. The average molecular weight is 488 g/mol. The van der Waals surface area contributed by atoms with Crippen LogP contribution in [0.15, 0.2) is 29.2 Å². The number of hydrogen-bond donors (Lipinski definition) is 1. The number of likely N-dealkylation sites (tertiary alicyclic amines) is 1. The third-order valence-corrected chi connectivity index (χ3v) is 9.23. The van der Waals surface area contributed by atoms with Gasteiger partial charge in [-0.15, -0.1) is 0 Å². The second-order valence-electron chi connectivity index (χ2n) is 9.62. The molecular formula is C23H32F3N3O3S. The van der Waals surface area contributed by atoms with E-state index in [1.54, 1.807) is 4.90 Å². The fourth-order valence-electron chi connectivity index (χ4n) is 5.19. The highest BCUT2D eigenvalue weighted by molar-refractivity contribution is 7.89. The normalized spacial score (nSPS) is 25.4. The fourth-order valence-corrected chi connectivity index (χ4v) is 7.16. The van der Waals surface area contributed by atoms with E-state index in [9.17, 15) is 26.4 Å². The summed E-state index contributed by atoms with van der Waals surface area (Å²) in [7, 11) is -4.07. The Kier molecular flexibility index (Phi) is 7.08. The van der Waals surface area contributed by atoms with Crippen LogP contribution in [0.25, 0.3) is 0 Å². The number of piperidine rings is 1. The van der Waals surface area contributed by atoms with Gasteiger partial charge in [-0.25, -0.2) is 8.42 Å². The summed E-state index contributed by atoms with van der Waals surface area (Å²) < 4.78 is 67.6. The molecule has 1 heterocycles. The number of rotatable bonds is 6. The molecule has 0 aromatic heterocycles. The highest BCUT2D eigenvalue weighted by Crippen LogP contribution is 2.38. The van der Waals surface area contributed by atoms with Crippen LogP contribution < -0.4 is 5.73 Å². The van der Waals surface area contributed by atoms with Crippen LogP contribution in [0.4, 0.5) is 13.2 Å². The SMILES string of the molecule is N[C@H]1CCCCC1CC(=O)N1CCC(N(C2CC2)S(=O)(=O)c2cccc(C(F)(F)F)c2)CC1. The molecule has 2 atom stereocenters. The lowest BCUT2D eigenvalue weighted by atomic mass is 9.82. The summed E-state index contributed by atoms with van der Waals surface area (Å²) in [6.45, 7) is 0.902. The molecule has 1 aromatic carbocycles. The number of carbonyl (C=O) groups excluding carboxylic acids is 1. The van der Waals surface area contributed by atoms with Gasteiger partial charge >= 0.3 is 6.18 Å². The first-order chi connectivity index (χ1) is 15.6. The molecule has 1 saturated heterocycles. The smallest absolute Gasteiger partial charge is 0.343 e. The predicted octanol–water partition coefficient (Wildman–Crippen LogP) is 3.76. The van der Waals surface area contributed by atoms with Crippen LogP contribution in [0.5, 0.6) is 0 Å². The molecule has 1 amide bonds. The second-order valence-corrected chi connectivity index (χ2v) is 11.5. The summed E-state index contributed by atoms with van der Waals surface area (Å²) in [6.07, 6.45) is 2.31. The van der Waals surface area contributed by atoms with Crippen LogP contribution in [0.3, 0.4) is 0 Å². The molecule has 1 aliphatic heterocycles. The Morgan fingerprint density at radius 1 is 1.03 bits per heavy atom. The lowest BCUT2D eigenvalue weighted by Gasteiger charge is -2.39. The molecule has 2 aliphatic carbocycles. The van der Waals surface area contributed by atoms with E-state index in [0.717, 1.165) is 43.9 Å². The van der Waals surface area contributed by atoms with Gasteiger partial charge in [-0.1, -0.05) is 18.9 Å². The minimum atomic E-state index is -4.61. The van der Waals surface area contributed by atoms with Crippen molar-refractivity contribution >= 4 is 15.9 Å². The largest absolute Gasteiger partial charge is 0.416 e. The summed E-state index contributed by atoms with van der Waals surface area (Å²) in [5, 5.41) is 0. The van der Waals surface area contributed by atoms with E-state index in [4.69, 9.17) is 5.73 Å². The molecule has 4 rings (SSSR count). The number of nitrogens with two attached hydrogens (primary N) is 1. The summed E-state index contributed by atoms with van der Waals surface area (Å²) in [5.41, 5.74) is 5.21. The van der Waals surface area contributed by atoms with E-state index in [1.807, 2.05) is 0 Å². The standard InChI is InChI=1S/C23H32F3N3O3S/c24-23(25,26)17-5-3-6-20(15-17)33(31,32)29(18-8-9-18)19-10-12-28(13-11-19)22(30)14-16-4-1-2-7-21(16)27/h3,5-6,15-16,18-19,21H,1-2,4,7-14,27H2/t16?,21-/m0/s1. The van der Waals surface area contributed by atoms with Crippen molar-refractivity contribution in [3.05, 3.63) is 29.8 Å². The highest BCUT2D eigenvalue weighted by Gasteiger charge is 2.44. The molecule has 33 heavy (non-hydrogen) atoms. The Labute approximate surface area is 193 Å². The predicted molar refractivity (Wildman–Crippen MR) is 118 cm³/mol. The van der Waals surface area contributed by atoms with E-state index in [2.05, 4.69) is 0 Å². The van der Waals surface area contributed by atoms with Crippen LogP contribution >= 0.6 is 0 Å². The van der Waals surface area contributed by atoms with E-state index >= 15 is 0 Å².